The number of esters is 1. The lowest BCUT2D eigenvalue weighted by molar-refractivity contribution is -0.132. The van der Waals surface area contributed by atoms with Crippen molar-refractivity contribution in [2.75, 3.05) is 13.7 Å². The molecule has 0 radical (unpaired) electrons. The van der Waals surface area contributed by atoms with Gasteiger partial charge in [-0.25, -0.2) is 9.79 Å². The smallest absolute Gasteiger partial charge is 0.354 e. The van der Waals surface area contributed by atoms with Crippen molar-refractivity contribution in [1.29, 1.82) is 0 Å². The third-order valence-corrected chi connectivity index (χ3v) is 4.78. The average molecular weight is 431 g/mol. The number of aliphatic imine (C=N–C) groups is 2. The lowest BCUT2D eigenvalue weighted by Gasteiger charge is -2.10. The van der Waals surface area contributed by atoms with Crippen LogP contribution in [0.25, 0.3) is 0 Å². The number of methoxy groups -OCH3 is 1. The highest BCUT2D eigenvalue weighted by molar-refractivity contribution is 6.37. The van der Waals surface area contributed by atoms with Crippen LogP contribution in [-0.4, -0.2) is 36.9 Å². The Labute approximate surface area is 179 Å². The van der Waals surface area contributed by atoms with Crippen molar-refractivity contribution in [1.82, 2.24) is 5.43 Å². The van der Waals surface area contributed by atoms with Crippen molar-refractivity contribution in [3.8, 4) is 0 Å². The molecular weight excluding hydrogens is 411 g/mol. The van der Waals surface area contributed by atoms with Crippen LogP contribution < -0.4 is 5.43 Å². The van der Waals surface area contributed by atoms with Gasteiger partial charge in [-0.3, -0.25) is 10.4 Å². The van der Waals surface area contributed by atoms with Gasteiger partial charge in [0.1, 0.15) is 11.5 Å². The van der Waals surface area contributed by atoms with E-state index in [4.69, 9.17) is 32.9 Å². The minimum atomic E-state index is -0.471. The number of fused-ring (bicyclic) bond motifs is 1. The molecule has 1 N–H and O–H groups in total. The molecule has 0 amide bonds. The summed E-state index contributed by atoms with van der Waals surface area (Å²) < 4.78 is 4.78. The van der Waals surface area contributed by atoms with Gasteiger partial charge in [0, 0.05) is 21.2 Å². The molecule has 0 aliphatic carbocycles. The Hall–Kier alpha value is -2.70. The quantitative estimate of drug-likeness (QED) is 0.420. The van der Waals surface area contributed by atoms with Crippen molar-refractivity contribution in [2.24, 2.45) is 15.1 Å². The van der Waals surface area contributed by atoms with E-state index < -0.39 is 5.97 Å². The van der Waals surface area contributed by atoms with Gasteiger partial charge in [-0.15, -0.1) is 0 Å². The second kappa shape index (κ2) is 9.67. The van der Waals surface area contributed by atoms with E-state index in [0.717, 1.165) is 17.5 Å². The standard InChI is InChI=1S/C21H20Cl2N4O2/c1-3-6-18(21(28)29-2)26-27-19-12-24-20(14-7-4-5-8-16(14)23)15-11-13(22)9-10-17(15)25-19/h4-5,7-11H,3,6,12H2,1-2H3,(H,25,27). The van der Waals surface area contributed by atoms with Gasteiger partial charge in [0.25, 0.3) is 0 Å². The molecule has 0 spiro atoms. The number of hydrogen-bond acceptors (Lipinski definition) is 6. The van der Waals surface area contributed by atoms with Crippen molar-refractivity contribution in [3.05, 3.63) is 63.6 Å². The van der Waals surface area contributed by atoms with E-state index >= 15 is 0 Å². The number of benzene rings is 2. The SMILES string of the molecule is CCCC(=NNC1=Nc2ccc(Cl)cc2C(c2ccccc2Cl)=NC1)C(=O)OC. The molecule has 0 bridgehead atoms. The van der Waals surface area contributed by atoms with Crippen molar-refractivity contribution < 1.29 is 9.53 Å². The third kappa shape index (κ3) is 5.02. The number of carbonyl (C=O) groups is 1. The second-order valence-corrected chi connectivity index (χ2v) is 7.12. The van der Waals surface area contributed by atoms with Crippen molar-refractivity contribution in [2.45, 2.75) is 19.8 Å². The van der Waals surface area contributed by atoms with E-state index in [9.17, 15) is 4.79 Å². The predicted molar refractivity (Wildman–Crippen MR) is 118 cm³/mol. The number of halogens is 2. The van der Waals surface area contributed by atoms with Crippen LogP contribution in [0.2, 0.25) is 10.0 Å². The third-order valence-electron chi connectivity index (χ3n) is 4.21. The fourth-order valence-electron chi connectivity index (χ4n) is 2.85. The Morgan fingerprint density at radius 1 is 1.21 bits per heavy atom. The van der Waals surface area contributed by atoms with E-state index in [2.05, 4.69) is 15.5 Å². The van der Waals surface area contributed by atoms with E-state index in [1.807, 2.05) is 43.3 Å². The molecule has 3 rings (SSSR count). The minimum absolute atomic E-state index is 0.233. The van der Waals surface area contributed by atoms with Crippen LogP contribution in [-0.2, 0) is 9.53 Å². The summed E-state index contributed by atoms with van der Waals surface area (Å²) in [6, 6.07) is 12.9. The Morgan fingerprint density at radius 2 is 2.00 bits per heavy atom. The number of nitrogens with one attached hydrogen (secondary N) is 1. The Balaban J connectivity index is 2.00. The first-order valence-corrected chi connectivity index (χ1v) is 9.86. The zero-order chi connectivity index (χ0) is 20.8. The molecule has 29 heavy (non-hydrogen) atoms. The van der Waals surface area contributed by atoms with E-state index in [1.54, 1.807) is 6.07 Å². The van der Waals surface area contributed by atoms with Gasteiger partial charge >= 0.3 is 5.97 Å². The molecular formula is C21H20Cl2N4O2. The highest BCUT2D eigenvalue weighted by Gasteiger charge is 2.19. The lowest BCUT2D eigenvalue weighted by atomic mass is 10.0. The summed E-state index contributed by atoms with van der Waals surface area (Å²) in [6.45, 7) is 2.19. The lowest BCUT2D eigenvalue weighted by Crippen LogP contribution is -2.26. The van der Waals surface area contributed by atoms with Gasteiger partial charge in [0.2, 0.25) is 0 Å². The van der Waals surface area contributed by atoms with Crippen molar-refractivity contribution >= 4 is 52.1 Å². The van der Waals surface area contributed by atoms with Gasteiger partial charge in [0.05, 0.1) is 25.1 Å². The van der Waals surface area contributed by atoms with Gasteiger partial charge in [-0.2, -0.15) is 5.10 Å². The first-order chi connectivity index (χ1) is 14.0. The largest absolute Gasteiger partial charge is 0.464 e. The second-order valence-electron chi connectivity index (χ2n) is 6.28. The maximum absolute atomic E-state index is 11.9. The van der Waals surface area contributed by atoms with Crippen LogP contribution in [0.4, 0.5) is 5.69 Å². The summed E-state index contributed by atoms with van der Waals surface area (Å²) in [5, 5.41) is 5.35. The summed E-state index contributed by atoms with van der Waals surface area (Å²) in [5.74, 6) is 0.0224. The molecule has 6 nitrogen and oxygen atoms in total. The van der Waals surface area contributed by atoms with Gasteiger partial charge in [0.15, 0.2) is 0 Å². The molecule has 0 saturated heterocycles. The molecule has 1 aliphatic heterocycles. The van der Waals surface area contributed by atoms with Crippen LogP contribution in [0.15, 0.2) is 57.6 Å². The summed E-state index contributed by atoms with van der Waals surface area (Å²) in [7, 11) is 1.33. The molecule has 0 aromatic heterocycles. The predicted octanol–water partition coefficient (Wildman–Crippen LogP) is 4.79. The summed E-state index contributed by atoms with van der Waals surface area (Å²) >= 11 is 12.6. The van der Waals surface area contributed by atoms with Crippen LogP contribution in [0.1, 0.15) is 30.9 Å². The van der Waals surface area contributed by atoms with Gasteiger partial charge in [-0.05, 0) is 30.7 Å². The number of ether oxygens (including phenoxy) is 1. The zero-order valence-electron chi connectivity index (χ0n) is 16.1. The molecule has 8 heteroatoms. The molecule has 1 heterocycles. The number of hydrazone groups is 1. The number of rotatable bonds is 5. The maximum atomic E-state index is 11.9. The van der Waals surface area contributed by atoms with E-state index in [-0.39, 0.29) is 6.54 Å². The van der Waals surface area contributed by atoms with Crippen LogP contribution >= 0.6 is 23.2 Å². The highest BCUT2D eigenvalue weighted by Crippen LogP contribution is 2.30. The molecule has 0 unspecified atom stereocenters. The molecule has 2 aromatic rings. The number of carbonyl (C=O) groups excluding carboxylic acids is 1. The number of nitrogens with zero attached hydrogens (tertiary/aromatic N) is 3. The Kier molecular flexibility index (Phi) is 7.01. The van der Waals surface area contributed by atoms with E-state index in [0.29, 0.717) is 39.4 Å². The maximum Gasteiger partial charge on any atom is 0.354 e. The summed E-state index contributed by atoms with van der Waals surface area (Å²) in [6.07, 6.45) is 1.26. The Morgan fingerprint density at radius 3 is 2.72 bits per heavy atom. The fourth-order valence-corrected chi connectivity index (χ4v) is 3.25. The van der Waals surface area contributed by atoms with E-state index in [1.165, 1.54) is 7.11 Å². The van der Waals surface area contributed by atoms with Crippen LogP contribution in [0.3, 0.4) is 0 Å². The summed E-state index contributed by atoms with van der Waals surface area (Å²) in [5.41, 5.74) is 6.10. The average Bonchev–Trinajstić information content (AvgIpc) is 2.90. The summed E-state index contributed by atoms with van der Waals surface area (Å²) in [4.78, 5) is 21.2. The fraction of sp³-hybridized carbons (Fsp3) is 0.238. The normalized spacial score (nSPS) is 13.7. The molecule has 0 fully saturated rings. The first-order valence-electron chi connectivity index (χ1n) is 9.11. The molecule has 2 aromatic carbocycles. The van der Waals surface area contributed by atoms with Crippen LogP contribution in [0.5, 0.6) is 0 Å². The monoisotopic (exact) mass is 430 g/mol. The van der Waals surface area contributed by atoms with Gasteiger partial charge in [-0.1, -0.05) is 54.7 Å². The number of hydrogen-bond donors (Lipinski definition) is 1. The Bertz CT molecular complexity index is 1020. The molecule has 0 atom stereocenters. The minimum Gasteiger partial charge on any atom is -0.464 e. The number of amidine groups is 1. The molecule has 150 valence electrons. The zero-order valence-corrected chi connectivity index (χ0v) is 17.6. The molecule has 0 saturated carbocycles. The highest BCUT2D eigenvalue weighted by atomic mass is 35.5. The van der Waals surface area contributed by atoms with Gasteiger partial charge < -0.3 is 4.74 Å². The van der Waals surface area contributed by atoms with Crippen molar-refractivity contribution in [3.63, 3.8) is 0 Å². The van der Waals surface area contributed by atoms with Crippen LogP contribution in [0, 0.1) is 0 Å². The first kappa shape index (κ1) is 21.0. The topological polar surface area (TPSA) is 75.4 Å². The molecule has 1 aliphatic rings.